The second-order valence-corrected chi connectivity index (χ2v) is 27.9. The van der Waals surface area contributed by atoms with Crippen molar-refractivity contribution in [3.8, 4) is 0 Å². The Morgan fingerprint density at radius 1 is 0.500 bits per heavy atom. The maximum Gasteiger partial charge on any atom is 0.416 e. The van der Waals surface area contributed by atoms with E-state index in [4.69, 9.17) is 11.6 Å². The molecule has 3 aliphatic heterocycles. The summed E-state index contributed by atoms with van der Waals surface area (Å²) in [6, 6.07) is 35.8. The average molecular weight is 1150 g/mol. The van der Waals surface area contributed by atoms with Crippen LogP contribution in [0.2, 0.25) is 5.02 Å². The third kappa shape index (κ3) is 21.2. The van der Waals surface area contributed by atoms with Crippen molar-refractivity contribution in [1.29, 1.82) is 0 Å². The molecule has 0 aliphatic carbocycles. The lowest BCUT2D eigenvalue weighted by Crippen LogP contribution is -2.49. The number of rotatable bonds is 19. The van der Waals surface area contributed by atoms with Crippen LogP contribution in [0, 0.1) is 0 Å². The molecule has 3 atom stereocenters. The fraction of sp³-hybridized carbons (Fsp3) is 0.583. The number of alkyl halides is 3. The highest BCUT2D eigenvalue weighted by Gasteiger charge is 2.39. The van der Waals surface area contributed by atoms with Crippen LogP contribution < -0.4 is 0 Å². The largest absolute Gasteiger partial charge is 0.416 e. The SMILES string of the molecule is CC(C)=CC(CC(C)(C)c1ccc(Cl)cc1)N1CCC(O)(c2ccccc2)CC1.CC(C)=CC(CC(C)(C)c1ccccc1)N1CCC(C)(O)CC1.CCCCC1(O)CCN(C(C=C(C)C)CC(C)(C)c2ccc(C(F)(F)F)cc2)CC1. The quantitative estimate of drug-likeness (QED) is 0.0813. The van der Waals surface area contributed by atoms with E-state index < -0.39 is 28.5 Å². The fourth-order valence-corrected chi connectivity index (χ4v) is 12.6. The number of benzene rings is 4. The lowest BCUT2D eigenvalue weighted by Gasteiger charge is -2.43. The fourth-order valence-electron chi connectivity index (χ4n) is 12.5. The first-order chi connectivity index (χ1) is 38.3. The Kier molecular flexibility index (Phi) is 25.0. The van der Waals surface area contributed by atoms with Crippen molar-refractivity contribution in [3.63, 3.8) is 0 Å². The standard InChI is InChI=1S/C26H34ClNO.C25H38F3NO.C21H33NO/c1-20(2)18-24(19-25(3,4)21-10-12-23(27)13-11-21)28-16-14-26(29,15-17-28)22-8-6-5-7-9-22;1-6-7-12-24(30)13-15-29(16-14-24)22(17-19(2)3)18-23(4,5)20-8-10-21(11-9-20)25(26,27)28;1-17(2)15-19(22-13-11-21(5,23)12-14-22)16-20(3,4)18-9-7-6-8-10-18/h5-13,18,24,29H,14-17,19H2,1-4H3;8-11,17,22,30H,6-7,12-16,18H2,1-5H3;6-10,15,19,23H,11-14,16H2,1-5H3. The highest BCUT2D eigenvalue weighted by Crippen LogP contribution is 2.40. The number of halogens is 4. The van der Waals surface area contributed by atoms with E-state index in [9.17, 15) is 28.5 Å². The van der Waals surface area contributed by atoms with E-state index in [-0.39, 0.29) is 22.3 Å². The molecule has 3 fully saturated rings. The Balaban J connectivity index is 0.000000228. The van der Waals surface area contributed by atoms with E-state index >= 15 is 0 Å². The van der Waals surface area contributed by atoms with Crippen molar-refractivity contribution in [2.24, 2.45) is 0 Å². The normalized spacial score (nSPS) is 19.0. The van der Waals surface area contributed by atoms with Gasteiger partial charge in [0.15, 0.2) is 0 Å². The molecule has 3 unspecified atom stereocenters. The van der Waals surface area contributed by atoms with Gasteiger partial charge in [-0.1, -0.05) is 193 Å². The summed E-state index contributed by atoms with van der Waals surface area (Å²) in [6.45, 7) is 35.9. The molecule has 0 radical (unpaired) electrons. The summed E-state index contributed by atoms with van der Waals surface area (Å²) < 4.78 is 38.8. The second-order valence-electron chi connectivity index (χ2n) is 27.5. The molecule has 3 N–H and O–H groups in total. The summed E-state index contributed by atoms with van der Waals surface area (Å²) in [7, 11) is 0. The first-order valence-corrected chi connectivity index (χ1v) is 31.0. The van der Waals surface area contributed by atoms with Gasteiger partial charge in [0.2, 0.25) is 0 Å². The van der Waals surface area contributed by atoms with Crippen LogP contribution in [0.5, 0.6) is 0 Å². The maximum atomic E-state index is 12.9. The van der Waals surface area contributed by atoms with Crippen LogP contribution in [-0.2, 0) is 28.0 Å². The predicted octanol–water partition coefficient (Wildman–Crippen LogP) is 17.6. The molecule has 6 nitrogen and oxygen atoms in total. The van der Waals surface area contributed by atoms with Crippen LogP contribution in [-0.4, -0.2) is 98.6 Å². The Morgan fingerprint density at radius 3 is 1.20 bits per heavy atom. The summed E-state index contributed by atoms with van der Waals surface area (Å²) in [5, 5.41) is 33.1. The third-order valence-corrected chi connectivity index (χ3v) is 18.1. The zero-order chi connectivity index (χ0) is 60.7. The van der Waals surface area contributed by atoms with E-state index in [1.54, 1.807) is 12.1 Å². The van der Waals surface area contributed by atoms with Gasteiger partial charge in [0, 0.05) is 62.4 Å². The molecule has 0 spiro atoms. The van der Waals surface area contributed by atoms with Crippen molar-refractivity contribution in [2.45, 2.75) is 231 Å². The number of likely N-dealkylation sites (tertiary alicyclic amines) is 3. The predicted molar refractivity (Wildman–Crippen MR) is 340 cm³/mol. The van der Waals surface area contributed by atoms with Gasteiger partial charge in [0.1, 0.15) is 0 Å². The first kappa shape index (κ1) is 68.7. The summed E-state index contributed by atoms with van der Waals surface area (Å²) in [5.74, 6) is 0. The van der Waals surface area contributed by atoms with E-state index in [1.807, 2.05) is 49.4 Å². The van der Waals surface area contributed by atoms with Crippen molar-refractivity contribution >= 4 is 11.6 Å². The minimum atomic E-state index is -4.31. The summed E-state index contributed by atoms with van der Waals surface area (Å²) in [4.78, 5) is 7.52. The molecule has 3 heterocycles. The van der Waals surface area contributed by atoms with Gasteiger partial charge in [-0.2, -0.15) is 13.2 Å². The molecule has 0 amide bonds. The zero-order valence-corrected chi connectivity index (χ0v) is 53.5. The van der Waals surface area contributed by atoms with E-state index in [1.165, 1.54) is 40.0 Å². The highest BCUT2D eigenvalue weighted by atomic mass is 35.5. The average Bonchev–Trinajstić information content (AvgIpc) is 3.55. The molecule has 0 bridgehead atoms. The van der Waals surface area contributed by atoms with Gasteiger partial charge in [-0.3, -0.25) is 14.7 Å². The molecule has 4 aromatic carbocycles. The van der Waals surface area contributed by atoms with Crippen LogP contribution in [0.3, 0.4) is 0 Å². The smallest absolute Gasteiger partial charge is 0.390 e. The molecule has 0 saturated carbocycles. The summed E-state index contributed by atoms with van der Waals surface area (Å²) in [6.07, 6.45) is 13.5. The molecule has 454 valence electrons. The number of nitrogens with zero attached hydrogens (tertiary/aromatic N) is 3. The molecule has 0 aromatic heterocycles. The topological polar surface area (TPSA) is 70.4 Å². The minimum Gasteiger partial charge on any atom is -0.390 e. The minimum absolute atomic E-state index is 0.0361. The van der Waals surface area contributed by atoms with Crippen LogP contribution >= 0.6 is 11.6 Å². The Bertz CT molecular complexity index is 2600. The van der Waals surface area contributed by atoms with Crippen LogP contribution in [0.1, 0.15) is 202 Å². The number of allylic oxidation sites excluding steroid dienone is 3. The van der Waals surface area contributed by atoms with E-state index in [2.05, 4.69) is 165 Å². The summed E-state index contributed by atoms with van der Waals surface area (Å²) >= 11 is 6.09. The number of unbranched alkanes of at least 4 members (excludes halogenated alkanes) is 1. The van der Waals surface area contributed by atoms with Gasteiger partial charge in [-0.15, -0.1) is 0 Å². The van der Waals surface area contributed by atoms with E-state index in [0.717, 1.165) is 132 Å². The van der Waals surface area contributed by atoms with Crippen molar-refractivity contribution in [3.05, 3.63) is 177 Å². The van der Waals surface area contributed by atoms with Gasteiger partial charge in [-0.25, -0.2) is 0 Å². The van der Waals surface area contributed by atoms with Crippen molar-refractivity contribution in [2.75, 3.05) is 39.3 Å². The number of hydrogen-bond acceptors (Lipinski definition) is 6. The zero-order valence-electron chi connectivity index (χ0n) is 52.8. The molecular weight excluding hydrogens is 1050 g/mol. The molecule has 7 rings (SSSR count). The van der Waals surface area contributed by atoms with Crippen molar-refractivity contribution < 1.29 is 28.5 Å². The third-order valence-electron chi connectivity index (χ3n) is 17.9. The number of piperidine rings is 3. The van der Waals surface area contributed by atoms with Gasteiger partial charge in [-0.05, 0) is 175 Å². The van der Waals surface area contributed by atoms with Crippen LogP contribution in [0.25, 0.3) is 0 Å². The Labute approximate surface area is 500 Å². The lowest BCUT2D eigenvalue weighted by atomic mass is 9.77. The molecule has 4 aromatic rings. The molecule has 3 saturated heterocycles. The van der Waals surface area contributed by atoms with Gasteiger partial charge < -0.3 is 15.3 Å². The highest BCUT2D eigenvalue weighted by molar-refractivity contribution is 6.30. The lowest BCUT2D eigenvalue weighted by molar-refractivity contribution is -0.137. The molecule has 82 heavy (non-hydrogen) atoms. The van der Waals surface area contributed by atoms with Crippen LogP contribution in [0.15, 0.2) is 144 Å². The van der Waals surface area contributed by atoms with Crippen LogP contribution in [0.4, 0.5) is 13.2 Å². The molecule has 10 heteroatoms. The Hall–Kier alpha value is -4.06. The number of hydrogen-bond donors (Lipinski definition) is 3. The monoisotopic (exact) mass is 1150 g/mol. The first-order valence-electron chi connectivity index (χ1n) is 30.6. The second kappa shape index (κ2) is 29.8. The molecule has 3 aliphatic rings. The van der Waals surface area contributed by atoms with Gasteiger partial charge >= 0.3 is 6.18 Å². The van der Waals surface area contributed by atoms with E-state index in [0.29, 0.717) is 12.1 Å². The Morgan fingerprint density at radius 2 is 0.829 bits per heavy atom. The maximum absolute atomic E-state index is 12.9. The van der Waals surface area contributed by atoms with Gasteiger partial charge in [0.05, 0.1) is 22.4 Å². The van der Waals surface area contributed by atoms with Crippen molar-refractivity contribution in [1.82, 2.24) is 14.7 Å². The number of aliphatic hydroxyl groups is 3. The summed E-state index contributed by atoms with van der Waals surface area (Å²) in [5.41, 5.74) is 6.16. The molecular formula is C72H105ClF3N3O3. The van der Waals surface area contributed by atoms with Gasteiger partial charge in [0.25, 0.3) is 0 Å².